The second-order valence-electron chi connectivity index (χ2n) is 7.45. The molecule has 0 bridgehead atoms. The van der Waals surface area contributed by atoms with Crippen LogP contribution in [0.1, 0.15) is 27.0 Å². The van der Waals surface area contributed by atoms with Gasteiger partial charge in [-0.15, -0.1) is 0 Å². The quantitative estimate of drug-likeness (QED) is 0.452. The van der Waals surface area contributed by atoms with Crippen LogP contribution in [0.4, 0.5) is 5.69 Å². The van der Waals surface area contributed by atoms with Crippen molar-refractivity contribution in [3.05, 3.63) is 70.8 Å². The lowest BCUT2D eigenvalue weighted by Crippen LogP contribution is -2.14. The van der Waals surface area contributed by atoms with Gasteiger partial charge in [0.1, 0.15) is 17.0 Å². The molecule has 1 amide bonds. The topological polar surface area (TPSA) is 73.6 Å². The Balaban J connectivity index is 1.69. The van der Waals surface area contributed by atoms with Crippen molar-refractivity contribution < 1.29 is 18.7 Å². The second kappa shape index (κ2) is 8.14. The molecule has 0 radical (unpaired) electrons. The molecule has 3 aromatic carbocycles. The summed E-state index contributed by atoms with van der Waals surface area (Å²) in [6, 6.07) is 14.8. The van der Waals surface area contributed by atoms with E-state index in [1.807, 2.05) is 45.0 Å². The first-order valence-electron chi connectivity index (χ1n) is 9.92. The number of aromatic nitrogens is 1. The predicted octanol–water partition coefficient (Wildman–Crippen LogP) is 5.69. The molecule has 158 valence electrons. The highest BCUT2D eigenvalue weighted by molar-refractivity contribution is 6.07. The number of rotatable bonds is 5. The van der Waals surface area contributed by atoms with Gasteiger partial charge in [0, 0.05) is 17.3 Å². The lowest BCUT2D eigenvalue weighted by atomic mass is 10.1. The zero-order valence-corrected chi connectivity index (χ0v) is 18.2. The zero-order chi connectivity index (χ0) is 22.1. The number of anilines is 1. The van der Waals surface area contributed by atoms with Gasteiger partial charge in [0.2, 0.25) is 5.89 Å². The maximum Gasteiger partial charge on any atom is 0.259 e. The summed E-state index contributed by atoms with van der Waals surface area (Å²) >= 11 is 0. The van der Waals surface area contributed by atoms with Gasteiger partial charge in [-0.1, -0.05) is 12.1 Å². The Bertz CT molecular complexity index is 1290. The molecule has 0 atom stereocenters. The summed E-state index contributed by atoms with van der Waals surface area (Å²) < 4.78 is 16.6. The maximum absolute atomic E-state index is 12.9. The third kappa shape index (κ3) is 3.84. The van der Waals surface area contributed by atoms with Crippen molar-refractivity contribution in [3.63, 3.8) is 0 Å². The van der Waals surface area contributed by atoms with E-state index >= 15 is 0 Å². The van der Waals surface area contributed by atoms with Gasteiger partial charge in [-0.05, 0) is 67.8 Å². The summed E-state index contributed by atoms with van der Waals surface area (Å²) in [6.07, 6.45) is 0. The number of ether oxygens (including phenoxy) is 2. The molecule has 1 N–H and O–H groups in total. The van der Waals surface area contributed by atoms with Crippen LogP contribution >= 0.6 is 0 Å². The lowest BCUT2D eigenvalue weighted by molar-refractivity contribution is 0.102. The molecule has 4 aromatic rings. The molecular formula is C25H24N2O4. The Morgan fingerprint density at radius 2 is 1.81 bits per heavy atom. The summed E-state index contributed by atoms with van der Waals surface area (Å²) in [5.74, 6) is 1.31. The van der Waals surface area contributed by atoms with E-state index in [0.717, 1.165) is 33.4 Å². The van der Waals surface area contributed by atoms with Crippen LogP contribution in [0.5, 0.6) is 11.5 Å². The minimum Gasteiger partial charge on any atom is -0.497 e. The van der Waals surface area contributed by atoms with Gasteiger partial charge in [-0.25, -0.2) is 4.98 Å². The number of hydrogen-bond acceptors (Lipinski definition) is 5. The highest BCUT2D eigenvalue weighted by Crippen LogP contribution is 2.33. The number of nitrogens with one attached hydrogen (secondary N) is 1. The first-order valence-corrected chi connectivity index (χ1v) is 9.92. The van der Waals surface area contributed by atoms with Crippen LogP contribution in [0.3, 0.4) is 0 Å². The van der Waals surface area contributed by atoms with Crippen molar-refractivity contribution in [2.75, 3.05) is 19.5 Å². The van der Waals surface area contributed by atoms with Crippen LogP contribution in [-0.2, 0) is 0 Å². The summed E-state index contributed by atoms with van der Waals surface area (Å²) in [7, 11) is 3.09. The molecule has 1 heterocycles. The van der Waals surface area contributed by atoms with Crippen molar-refractivity contribution in [2.24, 2.45) is 0 Å². The summed E-state index contributed by atoms with van der Waals surface area (Å²) in [4.78, 5) is 17.6. The molecule has 0 aliphatic rings. The van der Waals surface area contributed by atoms with Gasteiger partial charge in [0.05, 0.1) is 19.8 Å². The molecule has 0 aliphatic carbocycles. The van der Waals surface area contributed by atoms with E-state index in [1.165, 1.54) is 7.11 Å². The Morgan fingerprint density at radius 1 is 1.00 bits per heavy atom. The van der Waals surface area contributed by atoms with Gasteiger partial charge in [-0.3, -0.25) is 4.79 Å². The number of hydrogen-bond donors (Lipinski definition) is 1. The number of carbonyl (C=O) groups excluding carboxylic acids is 1. The molecule has 0 saturated heterocycles. The lowest BCUT2D eigenvalue weighted by Gasteiger charge is -2.13. The molecule has 1 aromatic heterocycles. The monoisotopic (exact) mass is 416 g/mol. The number of carbonyl (C=O) groups is 1. The van der Waals surface area contributed by atoms with Gasteiger partial charge in [-0.2, -0.15) is 0 Å². The predicted molar refractivity (Wildman–Crippen MR) is 121 cm³/mol. The van der Waals surface area contributed by atoms with Gasteiger partial charge in [0.15, 0.2) is 5.58 Å². The van der Waals surface area contributed by atoms with Crippen molar-refractivity contribution >= 4 is 22.7 Å². The van der Waals surface area contributed by atoms with E-state index < -0.39 is 0 Å². The normalized spacial score (nSPS) is 10.9. The third-order valence-corrected chi connectivity index (χ3v) is 5.29. The van der Waals surface area contributed by atoms with E-state index in [0.29, 0.717) is 28.6 Å². The highest BCUT2D eigenvalue weighted by atomic mass is 16.5. The number of benzene rings is 3. The minimum absolute atomic E-state index is 0.274. The SMILES string of the molecule is COc1ccc(C(=O)Nc2cccc(-c3nc4cc(C)cc(C)c4o3)c2C)c(OC)c1. The molecule has 6 nitrogen and oxygen atoms in total. The number of nitrogens with zero attached hydrogens (tertiary/aromatic N) is 1. The Morgan fingerprint density at radius 3 is 2.55 bits per heavy atom. The molecule has 0 unspecified atom stereocenters. The summed E-state index contributed by atoms with van der Waals surface area (Å²) in [5, 5.41) is 2.97. The fraction of sp³-hybridized carbons (Fsp3) is 0.200. The van der Waals surface area contributed by atoms with Crippen molar-refractivity contribution in [3.8, 4) is 23.0 Å². The van der Waals surface area contributed by atoms with Gasteiger partial charge >= 0.3 is 0 Å². The zero-order valence-electron chi connectivity index (χ0n) is 18.2. The molecule has 4 rings (SSSR count). The highest BCUT2D eigenvalue weighted by Gasteiger charge is 2.18. The first kappa shape index (κ1) is 20.5. The van der Waals surface area contributed by atoms with Crippen molar-refractivity contribution in [1.82, 2.24) is 4.98 Å². The average Bonchev–Trinajstić information content (AvgIpc) is 3.18. The summed E-state index contributed by atoms with van der Waals surface area (Å²) in [6.45, 7) is 5.98. The number of amides is 1. The van der Waals surface area contributed by atoms with Crippen LogP contribution in [0.15, 0.2) is 52.9 Å². The Labute approximate surface area is 180 Å². The number of oxazole rings is 1. The average molecular weight is 416 g/mol. The van der Waals surface area contributed by atoms with Gasteiger partial charge < -0.3 is 19.2 Å². The van der Waals surface area contributed by atoms with Crippen molar-refractivity contribution in [1.29, 1.82) is 0 Å². The molecule has 0 fully saturated rings. The third-order valence-electron chi connectivity index (χ3n) is 5.29. The largest absolute Gasteiger partial charge is 0.497 e. The Hall–Kier alpha value is -3.80. The van der Waals surface area contributed by atoms with E-state index in [2.05, 4.69) is 16.4 Å². The molecular weight excluding hydrogens is 392 g/mol. The smallest absolute Gasteiger partial charge is 0.259 e. The van der Waals surface area contributed by atoms with Crippen LogP contribution < -0.4 is 14.8 Å². The maximum atomic E-state index is 12.9. The van der Waals surface area contributed by atoms with Crippen LogP contribution in [0, 0.1) is 20.8 Å². The number of fused-ring (bicyclic) bond motifs is 1. The molecule has 0 aliphatic heterocycles. The number of methoxy groups -OCH3 is 2. The van der Waals surface area contributed by atoms with Crippen LogP contribution in [-0.4, -0.2) is 25.1 Å². The minimum atomic E-state index is -0.274. The Kier molecular flexibility index (Phi) is 5.38. The van der Waals surface area contributed by atoms with E-state index in [4.69, 9.17) is 13.9 Å². The second-order valence-corrected chi connectivity index (χ2v) is 7.45. The van der Waals surface area contributed by atoms with E-state index in [1.54, 1.807) is 25.3 Å². The standard InChI is InChI=1S/C25H24N2O4/c1-14-11-15(2)23-21(12-14)27-25(31-23)18-7-6-8-20(16(18)3)26-24(28)19-10-9-17(29-4)13-22(19)30-5/h6-13H,1-5H3,(H,26,28). The fourth-order valence-electron chi connectivity index (χ4n) is 3.67. The number of aryl methyl sites for hydroxylation is 2. The van der Waals surface area contributed by atoms with Crippen LogP contribution in [0.2, 0.25) is 0 Å². The first-order chi connectivity index (χ1) is 14.9. The molecule has 31 heavy (non-hydrogen) atoms. The van der Waals surface area contributed by atoms with E-state index in [9.17, 15) is 4.79 Å². The van der Waals surface area contributed by atoms with Crippen molar-refractivity contribution in [2.45, 2.75) is 20.8 Å². The fourth-order valence-corrected chi connectivity index (χ4v) is 3.67. The van der Waals surface area contributed by atoms with Crippen LogP contribution in [0.25, 0.3) is 22.6 Å². The summed E-state index contributed by atoms with van der Waals surface area (Å²) in [5.41, 5.74) is 6.56. The van der Waals surface area contributed by atoms with Gasteiger partial charge in [0.25, 0.3) is 5.91 Å². The molecule has 0 saturated carbocycles. The molecule has 0 spiro atoms. The molecule has 6 heteroatoms. The van der Waals surface area contributed by atoms with E-state index in [-0.39, 0.29) is 5.91 Å².